The molecule has 2 aromatic rings. The first-order chi connectivity index (χ1) is 10.5. The van der Waals surface area contributed by atoms with E-state index in [9.17, 15) is 9.59 Å². The average Bonchev–Trinajstić information content (AvgIpc) is 2.53. The Kier molecular flexibility index (Phi) is 3.54. The van der Waals surface area contributed by atoms with Crippen molar-refractivity contribution in [2.45, 2.75) is 12.5 Å². The summed E-state index contributed by atoms with van der Waals surface area (Å²) in [5.74, 6) is -0.794. The Morgan fingerprint density at radius 1 is 1.27 bits per heavy atom. The predicted octanol–water partition coefficient (Wildman–Crippen LogP) is 0.951. The number of aromatic nitrogens is 1. The molecule has 0 bridgehead atoms. The van der Waals surface area contributed by atoms with E-state index in [4.69, 9.17) is 10.5 Å². The normalized spacial score (nSPS) is 21.8. The Balaban J connectivity index is 1.87. The van der Waals surface area contributed by atoms with Crippen LogP contribution in [0.2, 0.25) is 0 Å². The SMILES string of the molecule is C[C@@]1(C(N)=O)CN(C(=O)c2ccc3ccccc3n2)CCO1. The lowest BCUT2D eigenvalue weighted by molar-refractivity contribution is -0.150. The number of para-hydroxylation sites is 1. The van der Waals surface area contributed by atoms with Crippen molar-refractivity contribution in [1.29, 1.82) is 0 Å². The standard InChI is InChI=1S/C16H17N3O3/c1-16(15(17)21)10-19(8-9-22-16)14(20)13-7-6-11-4-2-3-5-12(11)18-13/h2-7H,8-10H2,1H3,(H2,17,21)/t16-/m0/s1. The highest BCUT2D eigenvalue weighted by Crippen LogP contribution is 2.19. The van der Waals surface area contributed by atoms with Gasteiger partial charge in [0, 0.05) is 11.9 Å². The lowest BCUT2D eigenvalue weighted by Crippen LogP contribution is -2.58. The van der Waals surface area contributed by atoms with E-state index in [1.807, 2.05) is 30.3 Å². The molecule has 1 saturated heterocycles. The number of carbonyl (C=O) groups excluding carboxylic acids is 2. The number of ether oxygens (including phenoxy) is 1. The molecule has 6 heteroatoms. The van der Waals surface area contributed by atoms with E-state index in [-0.39, 0.29) is 19.1 Å². The second kappa shape index (κ2) is 5.38. The highest BCUT2D eigenvalue weighted by Gasteiger charge is 2.39. The van der Waals surface area contributed by atoms with Crippen molar-refractivity contribution >= 4 is 22.7 Å². The van der Waals surface area contributed by atoms with Crippen LogP contribution in [0, 0.1) is 0 Å². The van der Waals surface area contributed by atoms with Crippen LogP contribution in [0.4, 0.5) is 0 Å². The van der Waals surface area contributed by atoms with E-state index in [0.717, 1.165) is 10.9 Å². The van der Waals surface area contributed by atoms with Crippen LogP contribution in [0.5, 0.6) is 0 Å². The number of rotatable bonds is 2. The molecule has 6 nitrogen and oxygen atoms in total. The fourth-order valence-corrected chi connectivity index (χ4v) is 2.54. The van der Waals surface area contributed by atoms with Gasteiger partial charge in [0.1, 0.15) is 5.69 Å². The Labute approximate surface area is 127 Å². The van der Waals surface area contributed by atoms with Crippen molar-refractivity contribution in [2.75, 3.05) is 19.7 Å². The van der Waals surface area contributed by atoms with Gasteiger partial charge in [0.15, 0.2) is 5.60 Å². The second-order valence-corrected chi connectivity index (χ2v) is 5.56. The zero-order valence-electron chi connectivity index (χ0n) is 12.3. The first kappa shape index (κ1) is 14.5. The van der Waals surface area contributed by atoms with Crippen LogP contribution in [0.25, 0.3) is 10.9 Å². The lowest BCUT2D eigenvalue weighted by atomic mass is 10.0. The Morgan fingerprint density at radius 3 is 2.82 bits per heavy atom. The first-order valence-electron chi connectivity index (χ1n) is 7.08. The molecular formula is C16H17N3O3. The number of carbonyl (C=O) groups is 2. The van der Waals surface area contributed by atoms with Gasteiger partial charge in [0.2, 0.25) is 0 Å². The molecule has 2 heterocycles. The first-order valence-corrected chi connectivity index (χ1v) is 7.08. The summed E-state index contributed by atoms with van der Waals surface area (Å²) in [6, 6.07) is 11.2. The molecule has 1 fully saturated rings. The van der Waals surface area contributed by atoms with Gasteiger partial charge in [-0.1, -0.05) is 24.3 Å². The third-order valence-electron chi connectivity index (χ3n) is 3.90. The molecular weight excluding hydrogens is 282 g/mol. The van der Waals surface area contributed by atoms with Crippen molar-refractivity contribution in [3.8, 4) is 0 Å². The third kappa shape index (κ3) is 2.53. The Bertz CT molecular complexity index is 746. The van der Waals surface area contributed by atoms with Gasteiger partial charge >= 0.3 is 0 Å². The maximum absolute atomic E-state index is 12.6. The highest BCUT2D eigenvalue weighted by atomic mass is 16.5. The molecule has 1 aliphatic heterocycles. The Morgan fingerprint density at radius 2 is 2.05 bits per heavy atom. The topological polar surface area (TPSA) is 85.5 Å². The smallest absolute Gasteiger partial charge is 0.272 e. The van der Waals surface area contributed by atoms with Crippen LogP contribution in [-0.4, -0.2) is 47.0 Å². The van der Waals surface area contributed by atoms with Crippen molar-refractivity contribution < 1.29 is 14.3 Å². The minimum Gasteiger partial charge on any atom is -0.367 e. The molecule has 0 aliphatic carbocycles. The van der Waals surface area contributed by atoms with Gasteiger partial charge in [-0.05, 0) is 19.1 Å². The zero-order valence-corrected chi connectivity index (χ0v) is 12.3. The fourth-order valence-electron chi connectivity index (χ4n) is 2.54. The number of benzene rings is 1. The highest BCUT2D eigenvalue weighted by molar-refractivity contribution is 5.95. The number of nitrogens with two attached hydrogens (primary N) is 1. The summed E-state index contributed by atoms with van der Waals surface area (Å²) in [6.07, 6.45) is 0. The van der Waals surface area contributed by atoms with Gasteiger partial charge in [-0.3, -0.25) is 9.59 Å². The van der Waals surface area contributed by atoms with Crippen molar-refractivity contribution in [1.82, 2.24) is 9.88 Å². The Hall–Kier alpha value is -2.47. The zero-order chi connectivity index (χ0) is 15.7. The molecule has 0 unspecified atom stereocenters. The minimum absolute atomic E-state index is 0.135. The van der Waals surface area contributed by atoms with Crippen LogP contribution in [-0.2, 0) is 9.53 Å². The largest absolute Gasteiger partial charge is 0.367 e. The van der Waals surface area contributed by atoms with Gasteiger partial charge in [-0.15, -0.1) is 0 Å². The van der Waals surface area contributed by atoms with E-state index < -0.39 is 11.5 Å². The summed E-state index contributed by atoms with van der Waals surface area (Å²) in [6.45, 7) is 2.42. The summed E-state index contributed by atoms with van der Waals surface area (Å²) < 4.78 is 5.42. The van der Waals surface area contributed by atoms with Crippen LogP contribution >= 0.6 is 0 Å². The van der Waals surface area contributed by atoms with Crippen molar-refractivity contribution in [3.63, 3.8) is 0 Å². The molecule has 1 atom stereocenters. The number of primary amides is 1. The molecule has 114 valence electrons. The van der Waals surface area contributed by atoms with Crippen LogP contribution in [0.15, 0.2) is 36.4 Å². The van der Waals surface area contributed by atoms with E-state index in [0.29, 0.717) is 12.2 Å². The molecule has 0 spiro atoms. The molecule has 1 aromatic carbocycles. The van der Waals surface area contributed by atoms with E-state index in [1.54, 1.807) is 17.9 Å². The number of fused-ring (bicyclic) bond motifs is 1. The number of nitrogens with zero attached hydrogens (tertiary/aromatic N) is 2. The maximum Gasteiger partial charge on any atom is 0.272 e. The number of morpholine rings is 1. The van der Waals surface area contributed by atoms with Crippen LogP contribution in [0.3, 0.4) is 0 Å². The molecule has 0 saturated carbocycles. The van der Waals surface area contributed by atoms with Gasteiger partial charge in [0.05, 0.1) is 18.7 Å². The van der Waals surface area contributed by atoms with Gasteiger partial charge in [-0.25, -0.2) is 4.98 Å². The molecule has 2 N–H and O–H groups in total. The lowest BCUT2D eigenvalue weighted by Gasteiger charge is -2.38. The molecule has 22 heavy (non-hydrogen) atoms. The monoisotopic (exact) mass is 299 g/mol. The van der Waals surface area contributed by atoms with Crippen molar-refractivity contribution in [3.05, 3.63) is 42.1 Å². The van der Waals surface area contributed by atoms with Gasteiger partial charge in [0.25, 0.3) is 11.8 Å². The molecule has 0 radical (unpaired) electrons. The quantitative estimate of drug-likeness (QED) is 0.894. The summed E-state index contributed by atoms with van der Waals surface area (Å²) in [4.78, 5) is 30.1. The van der Waals surface area contributed by atoms with Crippen LogP contribution in [0.1, 0.15) is 17.4 Å². The van der Waals surface area contributed by atoms with E-state index >= 15 is 0 Å². The molecule has 1 aliphatic rings. The summed E-state index contributed by atoms with van der Waals surface area (Å²) in [5, 5.41) is 0.975. The van der Waals surface area contributed by atoms with E-state index in [2.05, 4.69) is 4.98 Å². The van der Waals surface area contributed by atoms with Gasteiger partial charge < -0.3 is 15.4 Å². The second-order valence-electron chi connectivity index (χ2n) is 5.56. The third-order valence-corrected chi connectivity index (χ3v) is 3.90. The molecule has 2 amide bonds. The molecule has 3 rings (SSSR count). The maximum atomic E-state index is 12.6. The van der Waals surface area contributed by atoms with Gasteiger partial charge in [-0.2, -0.15) is 0 Å². The number of amides is 2. The average molecular weight is 299 g/mol. The summed E-state index contributed by atoms with van der Waals surface area (Å²) in [5.41, 5.74) is 5.33. The summed E-state index contributed by atoms with van der Waals surface area (Å²) in [7, 11) is 0. The number of hydrogen-bond acceptors (Lipinski definition) is 4. The predicted molar refractivity (Wildman–Crippen MR) is 81.2 cm³/mol. The molecule has 1 aromatic heterocycles. The number of pyridine rings is 1. The van der Waals surface area contributed by atoms with Crippen LogP contribution < -0.4 is 5.73 Å². The van der Waals surface area contributed by atoms with Crippen molar-refractivity contribution in [2.24, 2.45) is 5.73 Å². The fraction of sp³-hybridized carbons (Fsp3) is 0.312. The number of hydrogen-bond donors (Lipinski definition) is 1. The van der Waals surface area contributed by atoms with E-state index in [1.165, 1.54) is 0 Å². The summed E-state index contributed by atoms with van der Waals surface area (Å²) >= 11 is 0. The minimum atomic E-state index is -1.15.